The van der Waals surface area contributed by atoms with E-state index in [1.807, 2.05) is 0 Å². The SMILES string of the molecule is C=C(Cl)/C=C(\C#N)C(=O)OCC. The lowest BCUT2D eigenvalue weighted by Gasteiger charge is -1.97. The Bertz CT molecular complexity index is 263. The van der Waals surface area contributed by atoms with E-state index in [4.69, 9.17) is 16.9 Å². The summed E-state index contributed by atoms with van der Waals surface area (Å²) in [6.45, 7) is 5.20. The Balaban J connectivity index is 4.48. The molecule has 0 heterocycles. The molecule has 12 heavy (non-hydrogen) atoms. The van der Waals surface area contributed by atoms with Gasteiger partial charge in [-0.15, -0.1) is 0 Å². The standard InChI is InChI=1S/C8H8ClNO2/c1-3-12-8(11)7(5-10)4-6(2)9/h4H,2-3H2,1H3/b7-4+. The number of carbonyl (C=O) groups excluding carboxylic acids is 1. The van der Waals surface area contributed by atoms with Gasteiger partial charge in [-0.05, 0) is 13.0 Å². The second kappa shape index (κ2) is 5.39. The Morgan fingerprint density at radius 1 is 1.83 bits per heavy atom. The zero-order valence-electron chi connectivity index (χ0n) is 6.63. The Morgan fingerprint density at radius 2 is 2.42 bits per heavy atom. The highest BCUT2D eigenvalue weighted by Crippen LogP contribution is 2.05. The zero-order chi connectivity index (χ0) is 9.56. The third-order valence-electron chi connectivity index (χ3n) is 0.917. The summed E-state index contributed by atoms with van der Waals surface area (Å²) in [6.07, 6.45) is 1.17. The van der Waals surface area contributed by atoms with Crippen molar-refractivity contribution in [2.45, 2.75) is 6.92 Å². The lowest BCUT2D eigenvalue weighted by molar-refractivity contribution is -0.138. The van der Waals surface area contributed by atoms with Crippen LogP contribution in [0.1, 0.15) is 6.92 Å². The molecule has 0 aliphatic rings. The largest absolute Gasteiger partial charge is 0.462 e. The van der Waals surface area contributed by atoms with Crippen molar-refractivity contribution in [3.05, 3.63) is 23.3 Å². The molecule has 0 amide bonds. The number of rotatable bonds is 3. The maximum atomic E-state index is 10.9. The number of nitriles is 1. The molecule has 0 aromatic carbocycles. The summed E-state index contributed by atoms with van der Waals surface area (Å²) in [5, 5.41) is 8.58. The first-order valence-corrected chi connectivity index (χ1v) is 3.63. The molecule has 0 aliphatic heterocycles. The highest BCUT2D eigenvalue weighted by atomic mass is 35.5. The van der Waals surface area contributed by atoms with Crippen LogP contribution >= 0.6 is 11.6 Å². The summed E-state index contributed by atoms with van der Waals surface area (Å²) in [7, 11) is 0. The van der Waals surface area contributed by atoms with E-state index in [0.717, 1.165) is 0 Å². The topological polar surface area (TPSA) is 50.1 Å². The van der Waals surface area contributed by atoms with Gasteiger partial charge in [0.15, 0.2) is 0 Å². The number of nitrogens with zero attached hydrogens (tertiary/aromatic N) is 1. The predicted octanol–water partition coefficient (Wildman–Crippen LogP) is 1.75. The molecule has 0 saturated carbocycles. The molecule has 0 aromatic heterocycles. The molecule has 0 saturated heterocycles. The normalized spacial score (nSPS) is 10.2. The van der Waals surface area contributed by atoms with E-state index in [-0.39, 0.29) is 17.2 Å². The molecule has 0 spiro atoms. The van der Waals surface area contributed by atoms with Crippen molar-refractivity contribution in [3.8, 4) is 6.07 Å². The van der Waals surface area contributed by atoms with Crippen LogP contribution in [-0.4, -0.2) is 12.6 Å². The van der Waals surface area contributed by atoms with Gasteiger partial charge >= 0.3 is 5.97 Å². The molecule has 0 radical (unpaired) electrons. The van der Waals surface area contributed by atoms with Crippen LogP contribution in [0.5, 0.6) is 0 Å². The molecular formula is C8H8ClNO2. The average molecular weight is 186 g/mol. The van der Waals surface area contributed by atoms with Gasteiger partial charge in [0.1, 0.15) is 11.6 Å². The van der Waals surface area contributed by atoms with Gasteiger partial charge in [-0.2, -0.15) is 5.26 Å². The summed E-state index contributed by atoms with van der Waals surface area (Å²) in [5.74, 6) is -0.679. The predicted molar refractivity (Wildman–Crippen MR) is 45.3 cm³/mol. The van der Waals surface area contributed by atoms with Crippen LogP contribution < -0.4 is 0 Å². The molecule has 0 aliphatic carbocycles. The minimum atomic E-state index is -0.679. The average Bonchev–Trinajstić information content (AvgIpc) is 2.00. The summed E-state index contributed by atoms with van der Waals surface area (Å²) in [4.78, 5) is 10.9. The van der Waals surface area contributed by atoms with Gasteiger partial charge in [-0.3, -0.25) is 0 Å². The monoisotopic (exact) mass is 185 g/mol. The number of carbonyl (C=O) groups is 1. The van der Waals surface area contributed by atoms with Gasteiger partial charge in [0, 0.05) is 5.03 Å². The van der Waals surface area contributed by atoms with Crippen LogP contribution in [0.15, 0.2) is 23.3 Å². The minimum Gasteiger partial charge on any atom is -0.462 e. The van der Waals surface area contributed by atoms with Crippen molar-refractivity contribution < 1.29 is 9.53 Å². The number of allylic oxidation sites excluding steroid dienone is 2. The highest BCUT2D eigenvalue weighted by molar-refractivity contribution is 6.31. The molecule has 4 heteroatoms. The van der Waals surface area contributed by atoms with Crippen LogP contribution in [0.25, 0.3) is 0 Å². The fourth-order valence-corrected chi connectivity index (χ4v) is 0.611. The molecule has 3 nitrogen and oxygen atoms in total. The maximum Gasteiger partial charge on any atom is 0.348 e. The van der Waals surface area contributed by atoms with Crippen molar-refractivity contribution in [2.75, 3.05) is 6.61 Å². The van der Waals surface area contributed by atoms with Crippen molar-refractivity contribution in [3.63, 3.8) is 0 Å². The Morgan fingerprint density at radius 3 is 2.75 bits per heavy atom. The van der Waals surface area contributed by atoms with Crippen LogP contribution in [0.3, 0.4) is 0 Å². The Kier molecular flexibility index (Phi) is 4.82. The number of hydrogen-bond donors (Lipinski definition) is 0. The van der Waals surface area contributed by atoms with Gasteiger partial charge in [0.25, 0.3) is 0 Å². The minimum absolute atomic E-state index is 0.125. The molecule has 64 valence electrons. The number of esters is 1. The number of ether oxygens (including phenoxy) is 1. The number of hydrogen-bond acceptors (Lipinski definition) is 3. The zero-order valence-corrected chi connectivity index (χ0v) is 7.39. The van der Waals surface area contributed by atoms with E-state index in [0.29, 0.717) is 0 Å². The summed E-state index contributed by atoms with van der Waals surface area (Å²) < 4.78 is 4.57. The Hall–Kier alpha value is -1.27. The molecular weight excluding hydrogens is 178 g/mol. The van der Waals surface area contributed by atoms with E-state index in [1.54, 1.807) is 13.0 Å². The summed E-state index contributed by atoms with van der Waals surface area (Å²) >= 11 is 5.37. The second-order valence-electron chi connectivity index (χ2n) is 1.84. The van der Waals surface area contributed by atoms with Crippen LogP contribution in [0.2, 0.25) is 0 Å². The van der Waals surface area contributed by atoms with E-state index in [2.05, 4.69) is 11.3 Å². The van der Waals surface area contributed by atoms with Gasteiger partial charge in [0.05, 0.1) is 6.61 Å². The highest BCUT2D eigenvalue weighted by Gasteiger charge is 2.08. The van der Waals surface area contributed by atoms with Crippen molar-refractivity contribution >= 4 is 17.6 Å². The molecule has 0 unspecified atom stereocenters. The first-order valence-electron chi connectivity index (χ1n) is 3.25. The van der Waals surface area contributed by atoms with Crippen LogP contribution in [-0.2, 0) is 9.53 Å². The fraction of sp³-hybridized carbons (Fsp3) is 0.250. The third kappa shape index (κ3) is 3.79. The lowest BCUT2D eigenvalue weighted by Crippen LogP contribution is -2.06. The van der Waals surface area contributed by atoms with Gasteiger partial charge < -0.3 is 4.74 Å². The summed E-state index contributed by atoms with van der Waals surface area (Å²) in [5.41, 5.74) is -0.142. The van der Waals surface area contributed by atoms with E-state index >= 15 is 0 Å². The second-order valence-corrected chi connectivity index (χ2v) is 2.32. The van der Waals surface area contributed by atoms with Crippen molar-refractivity contribution in [1.29, 1.82) is 5.26 Å². The van der Waals surface area contributed by atoms with Gasteiger partial charge in [0.2, 0.25) is 0 Å². The smallest absolute Gasteiger partial charge is 0.348 e. The van der Waals surface area contributed by atoms with Crippen LogP contribution in [0.4, 0.5) is 0 Å². The third-order valence-corrected chi connectivity index (χ3v) is 1.03. The quantitative estimate of drug-likeness (QED) is 0.291. The molecule has 0 fully saturated rings. The lowest BCUT2D eigenvalue weighted by atomic mass is 10.3. The fourth-order valence-electron chi connectivity index (χ4n) is 0.502. The van der Waals surface area contributed by atoms with Crippen LogP contribution in [0, 0.1) is 11.3 Å². The van der Waals surface area contributed by atoms with E-state index < -0.39 is 5.97 Å². The van der Waals surface area contributed by atoms with Gasteiger partial charge in [-0.25, -0.2) is 4.79 Å². The van der Waals surface area contributed by atoms with E-state index in [1.165, 1.54) is 6.08 Å². The molecule has 0 rings (SSSR count). The Labute approximate surface area is 75.9 Å². The maximum absolute atomic E-state index is 10.9. The molecule has 0 atom stereocenters. The van der Waals surface area contributed by atoms with Crippen molar-refractivity contribution in [2.24, 2.45) is 0 Å². The first-order chi connectivity index (χ1) is 5.61. The molecule has 0 aromatic rings. The first kappa shape index (κ1) is 10.7. The molecule has 0 bridgehead atoms. The number of halogens is 1. The van der Waals surface area contributed by atoms with Crippen molar-refractivity contribution in [1.82, 2.24) is 0 Å². The van der Waals surface area contributed by atoms with Gasteiger partial charge in [-0.1, -0.05) is 18.2 Å². The molecule has 0 N–H and O–H groups in total. The van der Waals surface area contributed by atoms with E-state index in [9.17, 15) is 4.79 Å². The summed E-state index contributed by atoms with van der Waals surface area (Å²) in [6, 6.07) is 1.66.